The quantitative estimate of drug-likeness (QED) is 0.417. The molecule has 10 heteroatoms. The van der Waals surface area contributed by atoms with Crippen molar-refractivity contribution in [3.8, 4) is 0 Å². The Kier molecular flexibility index (Phi) is 7.58. The van der Waals surface area contributed by atoms with Crippen LogP contribution in [0.3, 0.4) is 0 Å². The lowest BCUT2D eigenvalue weighted by Gasteiger charge is -2.01. The molecule has 0 bridgehead atoms. The zero-order chi connectivity index (χ0) is 10.4. The summed E-state index contributed by atoms with van der Waals surface area (Å²) in [5.74, 6) is 0. The van der Waals surface area contributed by atoms with E-state index in [1.165, 1.54) is 0 Å². The van der Waals surface area contributed by atoms with Crippen molar-refractivity contribution in [2.75, 3.05) is 0 Å². The van der Waals surface area contributed by atoms with E-state index < -0.39 is 39.1 Å². The standard InChI is InChI=1S/3CH3O2P.Al/c3*1-4(2)3;/h3*1H2,(H,2,3);/q;;;+3/p-3. The fraction of sp³-hybridized carbons (Fsp3) is 0. The zero-order valence-corrected chi connectivity index (χ0v) is 10.3. The van der Waals surface area contributed by atoms with Gasteiger partial charge in [-0.2, -0.15) is 0 Å². The monoisotopic (exact) mass is 258 g/mol. The molecule has 0 aromatic heterocycles. The Hall–Kier alpha value is 0.802. The van der Waals surface area contributed by atoms with Crippen molar-refractivity contribution >= 4 is 58.0 Å². The van der Waals surface area contributed by atoms with Gasteiger partial charge in [-0.15, -0.1) is 0 Å². The lowest BCUT2D eigenvalue weighted by molar-refractivity contribution is -0.174. The van der Waals surface area contributed by atoms with Crippen LogP contribution in [0, 0.1) is 0 Å². The van der Waals surface area contributed by atoms with Crippen LogP contribution in [-0.2, 0) is 10.7 Å². The van der Waals surface area contributed by atoms with E-state index in [1.54, 1.807) is 0 Å². The molecule has 0 rings (SSSR count). The van der Waals surface area contributed by atoms with Crippen molar-refractivity contribution in [1.82, 2.24) is 0 Å². The molecule has 0 heterocycles. The first-order chi connectivity index (χ1) is 5.91. The molecule has 3 atom stereocenters. The molecule has 0 spiro atoms. The molecule has 0 saturated heterocycles. The molecular formula is C3H6AlO6P3. The third kappa shape index (κ3) is 9.11. The Labute approximate surface area is 83.7 Å². The maximum atomic E-state index is 10.5. The highest BCUT2D eigenvalue weighted by molar-refractivity contribution is 7.48. The van der Waals surface area contributed by atoms with Crippen LogP contribution in [0.2, 0.25) is 0 Å². The smallest absolute Gasteiger partial charge is 0.605 e. The topological polar surface area (TPSA) is 96.9 Å². The number of hydrogen-bond acceptors (Lipinski definition) is 6. The average molecular weight is 258 g/mol. The normalized spacial score (nSPS) is 13.6. The Morgan fingerprint density at radius 3 is 1.15 bits per heavy atom. The lowest BCUT2D eigenvalue weighted by atomic mass is 12.0. The van der Waals surface area contributed by atoms with E-state index in [1.807, 2.05) is 0 Å². The van der Waals surface area contributed by atoms with Gasteiger partial charge >= 0.3 is 15.1 Å². The van der Waals surface area contributed by atoms with Crippen molar-refractivity contribution in [2.24, 2.45) is 0 Å². The van der Waals surface area contributed by atoms with Gasteiger partial charge in [0.1, 0.15) is 0 Å². The van der Waals surface area contributed by atoms with Crippen molar-refractivity contribution in [3.63, 3.8) is 0 Å². The van der Waals surface area contributed by atoms with E-state index in [-0.39, 0.29) is 0 Å². The summed E-state index contributed by atoms with van der Waals surface area (Å²) in [4.78, 5) is 31.4. The molecule has 0 amide bonds. The summed E-state index contributed by atoms with van der Waals surface area (Å²) < 4.78 is 13.6. The molecule has 0 aliphatic heterocycles. The molecule has 13 heavy (non-hydrogen) atoms. The van der Waals surface area contributed by atoms with Gasteiger partial charge in [0.15, 0.2) is 24.0 Å². The van der Waals surface area contributed by atoms with Gasteiger partial charge in [-0.05, 0) is 0 Å². The van der Waals surface area contributed by atoms with Crippen molar-refractivity contribution < 1.29 is 25.4 Å². The van der Waals surface area contributed by atoms with Crippen LogP contribution in [0.1, 0.15) is 0 Å². The molecule has 0 radical (unpaired) electrons. The largest absolute Gasteiger partial charge is 1.04 e. The minimum absolute atomic E-state index is 2.20. The first-order valence-corrected chi connectivity index (χ1v) is 8.25. The first kappa shape index (κ1) is 13.8. The molecular weight excluding hydrogens is 252 g/mol. The molecule has 3 unspecified atom stereocenters. The minimum Gasteiger partial charge on any atom is -0.605 e. The zero-order valence-electron chi connectivity index (χ0n) is 6.49. The second kappa shape index (κ2) is 7.14. The van der Waals surface area contributed by atoms with Crippen LogP contribution in [0.15, 0.2) is 0 Å². The highest BCUT2D eigenvalue weighted by atomic mass is 31.1. The van der Waals surface area contributed by atoms with Crippen LogP contribution in [0.4, 0.5) is 0 Å². The Balaban J connectivity index is 4.10. The van der Waals surface area contributed by atoms with Crippen molar-refractivity contribution in [3.05, 3.63) is 0 Å². The molecule has 0 N–H and O–H groups in total. The van der Waals surface area contributed by atoms with Gasteiger partial charge in [0.25, 0.3) is 0 Å². The average Bonchev–Trinajstić information content (AvgIpc) is 1.80. The summed E-state index contributed by atoms with van der Waals surface area (Å²) in [6.07, 6.45) is 9.07. The molecule has 0 aromatic carbocycles. The van der Waals surface area contributed by atoms with E-state index in [4.69, 9.17) is 0 Å². The number of rotatable bonds is 6. The van der Waals surface area contributed by atoms with Gasteiger partial charge in [0, 0.05) is 0 Å². The SMILES string of the molecule is C=[P+]([O-])[O][Al]([O][P+](=C)[O-])[O][P+](=C)[O-]. The Morgan fingerprint density at radius 2 is 1.00 bits per heavy atom. The van der Waals surface area contributed by atoms with Crippen LogP contribution < -0.4 is 14.7 Å². The van der Waals surface area contributed by atoms with E-state index in [9.17, 15) is 14.7 Å². The maximum absolute atomic E-state index is 10.5. The first-order valence-electron chi connectivity index (χ1n) is 2.75. The van der Waals surface area contributed by atoms with Gasteiger partial charge in [0.05, 0.1) is 18.9 Å². The predicted octanol–water partition coefficient (Wildman–Crippen LogP) is -1.67. The fourth-order valence-electron chi connectivity index (χ4n) is 0.346. The van der Waals surface area contributed by atoms with Gasteiger partial charge < -0.3 is 14.7 Å². The highest BCUT2D eigenvalue weighted by Gasteiger charge is 2.46. The lowest BCUT2D eigenvalue weighted by Crippen LogP contribution is -2.23. The summed E-state index contributed by atoms with van der Waals surface area (Å²) in [7, 11) is -6.61. The van der Waals surface area contributed by atoms with Gasteiger partial charge in [-0.3, -0.25) is 0 Å². The molecule has 72 valence electrons. The van der Waals surface area contributed by atoms with E-state index in [0.29, 0.717) is 0 Å². The molecule has 0 saturated carbocycles. The fourth-order valence-corrected chi connectivity index (χ4v) is 4.15. The molecule has 0 aliphatic rings. The Morgan fingerprint density at radius 1 is 0.769 bits per heavy atom. The van der Waals surface area contributed by atoms with Crippen molar-refractivity contribution in [1.29, 1.82) is 0 Å². The second-order valence-corrected chi connectivity index (χ2v) is 6.71. The molecule has 6 nitrogen and oxygen atoms in total. The van der Waals surface area contributed by atoms with Gasteiger partial charge in [0.2, 0.25) is 0 Å². The highest BCUT2D eigenvalue weighted by Crippen LogP contribution is 2.23. The summed E-state index contributed by atoms with van der Waals surface area (Å²) in [6.45, 7) is 0. The summed E-state index contributed by atoms with van der Waals surface area (Å²) >= 11 is -2.95. The summed E-state index contributed by atoms with van der Waals surface area (Å²) in [5.41, 5.74) is 0. The molecule has 0 aliphatic carbocycles. The summed E-state index contributed by atoms with van der Waals surface area (Å²) in [6, 6.07) is 0. The summed E-state index contributed by atoms with van der Waals surface area (Å²) in [5, 5.41) is 0. The van der Waals surface area contributed by atoms with Crippen molar-refractivity contribution in [2.45, 2.75) is 0 Å². The van der Waals surface area contributed by atoms with Crippen LogP contribution in [0.5, 0.6) is 0 Å². The molecule has 0 fully saturated rings. The third-order valence-electron chi connectivity index (χ3n) is 0.611. The van der Waals surface area contributed by atoms with Gasteiger partial charge in [-0.25, -0.2) is 10.7 Å². The van der Waals surface area contributed by atoms with E-state index in [2.05, 4.69) is 29.6 Å². The van der Waals surface area contributed by atoms with Gasteiger partial charge in [-0.1, -0.05) is 0 Å². The second-order valence-electron chi connectivity index (χ2n) is 1.60. The molecule has 0 aromatic rings. The Bertz CT molecular complexity index is 193. The minimum atomic E-state index is -2.95. The number of hydrogen-bond donors (Lipinski definition) is 0. The van der Waals surface area contributed by atoms with Crippen LogP contribution in [0.25, 0.3) is 0 Å². The third-order valence-corrected chi connectivity index (χ3v) is 5.50. The van der Waals surface area contributed by atoms with Crippen LogP contribution >= 0.6 is 24.0 Å². The van der Waals surface area contributed by atoms with E-state index in [0.717, 1.165) is 0 Å². The van der Waals surface area contributed by atoms with Crippen LogP contribution in [-0.4, -0.2) is 34.0 Å². The van der Waals surface area contributed by atoms with E-state index >= 15 is 0 Å². The maximum Gasteiger partial charge on any atom is 1.04 e. The predicted molar refractivity (Wildman–Crippen MR) is 51.1 cm³/mol.